The number of carbonyl (C=O) groups excluding carboxylic acids is 2. The zero-order valence-electron chi connectivity index (χ0n) is 18.1. The van der Waals surface area contributed by atoms with E-state index in [1.54, 1.807) is 36.4 Å². The lowest BCUT2D eigenvalue weighted by Gasteiger charge is -2.12. The molecule has 2 atom stereocenters. The van der Waals surface area contributed by atoms with Gasteiger partial charge in [0.2, 0.25) is 5.91 Å². The Bertz CT molecular complexity index is 1380. The molecule has 2 unspecified atom stereocenters. The smallest absolute Gasteiger partial charge is 0.257 e. The van der Waals surface area contributed by atoms with Crippen molar-refractivity contribution in [3.63, 3.8) is 0 Å². The molecule has 0 spiro atoms. The van der Waals surface area contributed by atoms with Gasteiger partial charge in [0.15, 0.2) is 0 Å². The number of amides is 2. The molecule has 0 aliphatic heterocycles. The molecule has 35 heavy (non-hydrogen) atoms. The monoisotopic (exact) mass is 564 g/mol. The average molecular weight is 567 g/mol. The van der Waals surface area contributed by atoms with Gasteiger partial charge in [-0.2, -0.15) is 0 Å². The van der Waals surface area contributed by atoms with Gasteiger partial charge in [0.1, 0.15) is 4.33 Å². The van der Waals surface area contributed by atoms with Crippen LogP contribution in [0.25, 0.3) is 0 Å². The van der Waals surface area contributed by atoms with E-state index in [1.165, 1.54) is 12.1 Å². The highest BCUT2D eigenvalue weighted by Gasteiger charge is 2.67. The van der Waals surface area contributed by atoms with E-state index >= 15 is 0 Å². The summed E-state index contributed by atoms with van der Waals surface area (Å²) in [5.41, 5.74) is 3.11. The van der Waals surface area contributed by atoms with Crippen LogP contribution in [0.15, 0.2) is 54.6 Å². The van der Waals surface area contributed by atoms with Crippen molar-refractivity contribution in [2.45, 2.75) is 17.2 Å². The van der Waals surface area contributed by atoms with Crippen LogP contribution in [0.5, 0.6) is 0 Å². The van der Waals surface area contributed by atoms with Gasteiger partial charge in [0.25, 0.3) is 5.91 Å². The van der Waals surface area contributed by atoms with E-state index in [4.69, 9.17) is 64.4 Å². The third kappa shape index (κ3) is 5.40. The van der Waals surface area contributed by atoms with Gasteiger partial charge in [-0.3, -0.25) is 9.59 Å². The van der Waals surface area contributed by atoms with Crippen molar-refractivity contribution < 1.29 is 9.59 Å². The minimum Gasteiger partial charge on any atom is -0.326 e. The Kier molecular flexibility index (Phi) is 7.29. The maximum absolute atomic E-state index is 13.0. The first-order valence-electron chi connectivity index (χ1n) is 10.3. The van der Waals surface area contributed by atoms with Crippen LogP contribution >= 0.6 is 58.0 Å². The fourth-order valence-electron chi connectivity index (χ4n) is 3.90. The Morgan fingerprint density at radius 1 is 0.943 bits per heavy atom. The summed E-state index contributed by atoms with van der Waals surface area (Å²) in [6.45, 7) is 1.88. The zero-order chi connectivity index (χ0) is 25.5. The Balaban J connectivity index is 1.53. The van der Waals surface area contributed by atoms with Gasteiger partial charge in [0.05, 0.1) is 22.2 Å². The lowest BCUT2D eigenvalue weighted by molar-refractivity contribution is -0.117. The van der Waals surface area contributed by atoms with Crippen LogP contribution in [-0.2, 0) is 4.79 Å². The maximum atomic E-state index is 13.0. The summed E-state index contributed by atoms with van der Waals surface area (Å²) in [6.07, 6.45) is 5.54. The molecule has 0 aromatic heterocycles. The molecule has 4 rings (SSSR count). The third-order valence-corrected chi connectivity index (χ3v) is 7.34. The maximum Gasteiger partial charge on any atom is 0.257 e. The van der Waals surface area contributed by atoms with E-state index < -0.39 is 28.0 Å². The van der Waals surface area contributed by atoms with E-state index in [0.29, 0.717) is 32.5 Å². The number of terminal acetylenes is 1. The summed E-state index contributed by atoms with van der Waals surface area (Å²) in [4.78, 5) is 26.0. The van der Waals surface area contributed by atoms with Crippen LogP contribution in [0.2, 0.25) is 15.1 Å². The normalized spacial score (nSPS) is 17.9. The highest BCUT2D eigenvalue weighted by atomic mass is 35.5. The number of hydrogen-bond donors (Lipinski definition) is 2. The summed E-state index contributed by atoms with van der Waals surface area (Å²) < 4.78 is -1.33. The standard InChI is InChI=1S/C26H17Cl5N2O2/c1-3-14-5-4-13(2)8-21(14)33-24(34)19-12-18(6-7-20(19)29)32-25(35)23-22(26(23,30)31)15-9-16(27)11-17(28)10-15/h1,4-12,22-23H,2H3,(H,32,35)(H,33,34). The second-order valence-electron chi connectivity index (χ2n) is 8.16. The van der Waals surface area contributed by atoms with Crippen molar-refractivity contribution in [3.8, 4) is 12.3 Å². The highest BCUT2D eigenvalue weighted by Crippen LogP contribution is 2.65. The third-order valence-electron chi connectivity index (χ3n) is 5.64. The molecule has 3 aromatic rings. The van der Waals surface area contributed by atoms with Crippen molar-refractivity contribution in [3.05, 3.63) is 91.9 Å². The molecule has 1 aliphatic carbocycles. The Hall–Kier alpha value is -2.39. The van der Waals surface area contributed by atoms with Crippen LogP contribution in [0.1, 0.15) is 33.0 Å². The molecule has 0 radical (unpaired) electrons. The number of aryl methyl sites for hydroxylation is 1. The number of nitrogens with one attached hydrogen (secondary N) is 2. The SMILES string of the molecule is C#Cc1ccc(C)cc1NC(=O)c1cc(NC(=O)C2C(c3cc(Cl)cc(Cl)c3)C2(Cl)Cl)ccc1Cl. The second kappa shape index (κ2) is 9.93. The van der Waals surface area contributed by atoms with E-state index in [2.05, 4.69) is 16.6 Å². The van der Waals surface area contributed by atoms with Crippen molar-refractivity contribution >= 4 is 81.2 Å². The van der Waals surface area contributed by atoms with Gasteiger partial charge in [-0.15, -0.1) is 29.6 Å². The van der Waals surface area contributed by atoms with Gasteiger partial charge in [0, 0.05) is 27.2 Å². The van der Waals surface area contributed by atoms with E-state index in [9.17, 15) is 9.59 Å². The van der Waals surface area contributed by atoms with E-state index in [1.807, 2.05) is 13.0 Å². The summed E-state index contributed by atoms with van der Waals surface area (Å²) in [6, 6.07) is 14.8. The fourth-order valence-corrected chi connectivity index (χ4v) is 5.47. The van der Waals surface area contributed by atoms with Gasteiger partial charge in [-0.05, 0) is 66.6 Å². The van der Waals surface area contributed by atoms with Gasteiger partial charge in [-0.1, -0.05) is 46.8 Å². The summed E-state index contributed by atoms with van der Waals surface area (Å²) in [5.74, 6) is 0.391. The zero-order valence-corrected chi connectivity index (χ0v) is 21.9. The Morgan fingerprint density at radius 2 is 1.63 bits per heavy atom. The molecule has 2 N–H and O–H groups in total. The van der Waals surface area contributed by atoms with E-state index in [0.717, 1.165) is 5.56 Å². The second-order valence-corrected chi connectivity index (χ2v) is 10.9. The van der Waals surface area contributed by atoms with Crippen molar-refractivity contribution in [2.24, 2.45) is 5.92 Å². The van der Waals surface area contributed by atoms with Gasteiger partial charge in [-0.25, -0.2) is 0 Å². The predicted octanol–water partition coefficient (Wildman–Crippen LogP) is 7.71. The fraction of sp³-hybridized carbons (Fsp3) is 0.154. The summed E-state index contributed by atoms with van der Waals surface area (Å²) >= 11 is 31.3. The molecule has 2 amide bonds. The Labute approximate surface area is 227 Å². The van der Waals surface area contributed by atoms with E-state index in [-0.39, 0.29) is 10.6 Å². The molecule has 3 aromatic carbocycles. The highest BCUT2D eigenvalue weighted by molar-refractivity contribution is 6.53. The van der Waals surface area contributed by atoms with Gasteiger partial charge >= 0.3 is 0 Å². The topological polar surface area (TPSA) is 58.2 Å². The largest absolute Gasteiger partial charge is 0.326 e. The molecule has 1 saturated carbocycles. The molecule has 1 aliphatic rings. The lowest BCUT2D eigenvalue weighted by atomic mass is 10.1. The van der Waals surface area contributed by atoms with Crippen molar-refractivity contribution in [1.29, 1.82) is 0 Å². The molecule has 1 fully saturated rings. The average Bonchev–Trinajstić information content (AvgIpc) is 3.36. The molecule has 178 valence electrons. The predicted molar refractivity (Wildman–Crippen MR) is 144 cm³/mol. The first-order chi connectivity index (χ1) is 16.5. The van der Waals surface area contributed by atoms with Gasteiger partial charge < -0.3 is 10.6 Å². The van der Waals surface area contributed by atoms with Crippen molar-refractivity contribution in [2.75, 3.05) is 10.6 Å². The van der Waals surface area contributed by atoms with Crippen LogP contribution in [0.3, 0.4) is 0 Å². The van der Waals surface area contributed by atoms with Crippen LogP contribution in [0, 0.1) is 25.2 Å². The molecular weight excluding hydrogens is 550 g/mol. The summed E-state index contributed by atoms with van der Waals surface area (Å²) in [5, 5.41) is 6.58. The Morgan fingerprint density at radius 3 is 2.29 bits per heavy atom. The number of benzene rings is 3. The number of carbonyl (C=O) groups is 2. The van der Waals surface area contributed by atoms with Crippen molar-refractivity contribution in [1.82, 2.24) is 0 Å². The number of alkyl halides is 2. The summed E-state index contributed by atoms with van der Waals surface area (Å²) in [7, 11) is 0. The van der Waals surface area contributed by atoms with Crippen LogP contribution in [-0.4, -0.2) is 16.1 Å². The molecular formula is C26H17Cl5N2O2. The number of halogens is 5. The molecule has 4 nitrogen and oxygen atoms in total. The molecule has 0 bridgehead atoms. The first kappa shape index (κ1) is 25.7. The minimum absolute atomic E-state index is 0.158. The molecule has 0 heterocycles. The quantitative estimate of drug-likeness (QED) is 0.245. The molecule has 9 heteroatoms. The number of hydrogen-bond acceptors (Lipinski definition) is 2. The number of anilines is 2. The lowest BCUT2D eigenvalue weighted by Crippen LogP contribution is -2.18. The van der Waals surface area contributed by atoms with Crippen LogP contribution in [0.4, 0.5) is 11.4 Å². The van der Waals surface area contributed by atoms with Crippen LogP contribution < -0.4 is 10.6 Å². The minimum atomic E-state index is -1.33. The number of rotatable bonds is 5. The molecule has 0 saturated heterocycles. The first-order valence-corrected chi connectivity index (χ1v) is 12.2.